The smallest absolute Gasteiger partial charge is 0.217 e. The van der Waals surface area contributed by atoms with Gasteiger partial charge in [0.2, 0.25) is 5.91 Å². The van der Waals surface area contributed by atoms with E-state index in [4.69, 9.17) is 5.73 Å². The molecule has 1 aliphatic heterocycles. The van der Waals surface area contributed by atoms with Gasteiger partial charge in [0.1, 0.15) is 0 Å². The summed E-state index contributed by atoms with van der Waals surface area (Å²) in [6.07, 6.45) is 1.90. The second-order valence-electron chi connectivity index (χ2n) is 4.55. The zero-order chi connectivity index (χ0) is 10.8. The number of hydrogen-bond acceptors (Lipinski definition) is 3. The number of nitrogens with one attached hydrogen (secondary N) is 1. The summed E-state index contributed by atoms with van der Waals surface area (Å²) in [4.78, 5) is 11.0. The first-order chi connectivity index (χ1) is 6.43. The maximum absolute atomic E-state index is 11.1. The molecule has 0 bridgehead atoms. The molecule has 1 rings (SSSR count). The van der Waals surface area contributed by atoms with Crippen LogP contribution in [0.25, 0.3) is 0 Å². The summed E-state index contributed by atoms with van der Waals surface area (Å²) in [6.45, 7) is 5.93. The molecule has 2 unspecified atom stereocenters. The van der Waals surface area contributed by atoms with Gasteiger partial charge in [0, 0.05) is 18.7 Å². The van der Waals surface area contributed by atoms with E-state index in [2.05, 4.69) is 19.2 Å². The minimum absolute atomic E-state index is 0.0484. The lowest BCUT2D eigenvalue weighted by atomic mass is 9.98. The Labute approximate surface area is 90.2 Å². The van der Waals surface area contributed by atoms with Gasteiger partial charge in [0.15, 0.2) is 0 Å². The Kier molecular flexibility index (Phi) is 3.84. The van der Waals surface area contributed by atoms with Crippen molar-refractivity contribution in [2.45, 2.75) is 44.5 Å². The van der Waals surface area contributed by atoms with Crippen LogP contribution in [-0.2, 0) is 4.79 Å². The Bertz CT molecular complexity index is 220. The van der Waals surface area contributed by atoms with E-state index in [0.717, 1.165) is 18.6 Å². The zero-order valence-electron chi connectivity index (χ0n) is 9.17. The number of thioether (sulfide) groups is 1. The molecule has 1 fully saturated rings. The van der Waals surface area contributed by atoms with Crippen LogP contribution in [0.2, 0.25) is 0 Å². The Morgan fingerprint density at radius 1 is 1.71 bits per heavy atom. The molecule has 0 aromatic rings. The molecule has 0 aliphatic carbocycles. The average Bonchev–Trinajstić information content (AvgIpc) is 2.28. The largest absolute Gasteiger partial charge is 0.342 e. The van der Waals surface area contributed by atoms with Gasteiger partial charge in [-0.15, -0.1) is 11.8 Å². The molecular formula is C10H20N2OS. The maximum Gasteiger partial charge on any atom is 0.217 e. The highest BCUT2D eigenvalue weighted by atomic mass is 32.2. The van der Waals surface area contributed by atoms with Crippen molar-refractivity contribution in [3.05, 3.63) is 0 Å². The van der Waals surface area contributed by atoms with Crippen molar-refractivity contribution in [2.24, 2.45) is 11.7 Å². The summed E-state index contributed by atoms with van der Waals surface area (Å²) in [6, 6.07) is 0.227. The van der Waals surface area contributed by atoms with Crippen LogP contribution in [0.1, 0.15) is 33.6 Å². The fourth-order valence-corrected chi connectivity index (χ4v) is 3.72. The second kappa shape index (κ2) is 4.53. The van der Waals surface area contributed by atoms with Gasteiger partial charge in [-0.25, -0.2) is 0 Å². The van der Waals surface area contributed by atoms with Crippen LogP contribution < -0.4 is 11.1 Å². The second-order valence-corrected chi connectivity index (χ2v) is 5.95. The molecule has 0 aromatic heterocycles. The molecule has 3 nitrogen and oxygen atoms in total. The predicted octanol–water partition coefficient (Wildman–Crippen LogP) is 1.33. The number of nitrogens with two attached hydrogens (primary N) is 1. The van der Waals surface area contributed by atoms with E-state index in [0.29, 0.717) is 5.92 Å². The third-order valence-electron chi connectivity index (χ3n) is 2.31. The number of carbonyl (C=O) groups is 1. The normalized spacial score (nSPS) is 32.2. The average molecular weight is 216 g/mol. The van der Waals surface area contributed by atoms with E-state index in [9.17, 15) is 4.79 Å². The van der Waals surface area contributed by atoms with Crippen molar-refractivity contribution in [2.75, 3.05) is 5.75 Å². The lowest BCUT2D eigenvalue weighted by molar-refractivity contribution is -0.120. The molecule has 4 heteroatoms. The molecule has 3 N–H and O–H groups in total. The number of amides is 1. The van der Waals surface area contributed by atoms with Gasteiger partial charge in [-0.3, -0.25) is 4.79 Å². The predicted molar refractivity (Wildman–Crippen MR) is 61.1 cm³/mol. The first-order valence-corrected chi connectivity index (χ1v) is 6.10. The van der Waals surface area contributed by atoms with Gasteiger partial charge < -0.3 is 11.1 Å². The molecule has 14 heavy (non-hydrogen) atoms. The Morgan fingerprint density at radius 2 is 2.36 bits per heavy atom. The van der Waals surface area contributed by atoms with Crippen LogP contribution in [0, 0.1) is 5.92 Å². The summed E-state index contributed by atoms with van der Waals surface area (Å²) >= 11 is 1.80. The number of hydrogen-bond donors (Lipinski definition) is 2. The van der Waals surface area contributed by atoms with Crippen molar-refractivity contribution >= 4 is 17.7 Å². The molecule has 82 valence electrons. The van der Waals surface area contributed by atoms with Crippen molar-refractivity contribution in [3.8, 4) is 0 Å². The Hall–Kier alpha value is -0.220. The van der Waals surface area contributed by atoms with Crippen LogP contribution in [0.3, 0.4) is 0 Å². The minimum atomic E-state index is -0.0978. The molecule has 2 atom stereocenters. The van der Waals surface area contributed by atoms with Crippen LogP contribution >= 0.6 is 11.8 Å². The minimum Gasteiger partial charge on any atom is -0.342 e. The van der Waals surface area contributed by atoms with E-state index in [-0.39, 0.29) is 16.8 Å². The van der Waals surface area contributed by atoms with Gasteiger partial charge in [0.25, 0.3) is 0 Å². The van der Waals surface area contributed by atoms with E-state index >= 15 is 0 Å². The Morgan fingerprint density at radius 3 is 2.71 bits per heavy atom. The fourth-order valence-electron chi connectivity index (χ4n) is 2.07. The third kappa shape index (κ3) is 3.17. The quantitative estimate of drug-likeness (QED) is 0.748. The highest BCUT2D eigenvalue weighted by molar-refractivity contribution is 8.00. The lowest BCUT2D eigenvalue weighted by Gasteiger charge is -2.30. The molecular weight excluding hydrogens is 196 g/mol. The zero-order valence-corrected chi connectivity index (χ0v) is 9.99. The highest BCUT2D eigenvalue weighted by Crippen LogP contribution is 2.40. The van der Waals surface area contributed by atoms with Crippen molar-refractivity contribution in [1.29, 1.82) is 0 Å². The van der Waals surface area contributed by atoms with E-state index in [1.165, 1.54) is 0 Å². The van der Waals surface area contributed by atoms with Gasteiger partial charge >= 0.3 is 0 Å². The molecule has 1 heterocycles. The number of rotatable bonds is 3. The van der Waals surface area contributed by atoms with E-state index < -0.39 is 0 Å². The molecule has 0 saturated carbocycles. The van der Waals surface area contributed by atoms with Crippen molar-refractivity contribution < 1.29 is 4.79 Å². The van der Waals surface area contributed by atoms with Crippen LogP contribution in [0.5, 0.6) is 0 Å². The first-order valence-electron chi connectivity index (χ1n) is 5.12. The summed E-state index contributed by atoms with van der Waals surface area (Å²) < 4.78 is 0. The Balaban J connectivity index is 2.64. The summed E-state index contributed by atoms with van der Waals surface area (Å²) in [5.74, 6) is 1.58. The van der Waals surface area contributed by atoms with E-state index in [1.807, 2.05) is 0 Å². The van der Waals surface area contributed by atoms with Gasteiger partial charge in [0.05, 0.1) is 4.87 Å². The first kappa shape index (κ1) is 11.9. The topological polar surface area (TPSA) is 55.1 Å². The van der Waals surface area contributed by atoms with Gasteiger partial charge in [-0.2, -0.15) is 0 Å². The monoisotopic (exact) mass is 216 g/mol. The van der Waals surface area contributed by atoms with Crippen LogP contribution in [0.4, 0.5) is 0 Å². The van der Waals surface area contributed by atoms with Gasteiger partial charge in [-0.1, -0.05) is 13.8 Å². The summed E-state index contributed by atoms with van der Waals surface area (Å²) in [7, 11) is 0. The van der Waals surface area contributed by atoms with Crippen molar-refractivity contribution in [1.82, 2.24) is 5.32 Å². The van der Waals surface area contributed by atoms with Crippen LogP contribution in [0.15, 0.2) is 0 Å². The molecule has 0 aromatic carbocycles. The van der Waals surface area contributed by atoms with E-state index in [1.54, 1.807) is 18.7 Å². The molecule has 1 saturated heterocycles. The highest BCUT2D eigenvalue weighted by Gasteiger charge is 2.39. The molecule has 0 radical (unpaired) electrons. The SMILES string of the molecule is CC(=O)NC1(CC(C)C)CC(N)CS1. The standard InChI is InChI=1S/C10H20N2OS/c1-7(2)4-10(12-8(3)13)5-9(11)6-14-10/h7,9H,4-6,11H2,1-3H3,(H,12,13). The molecule has 0 spiro atoms. The van der Waals surface area contributed by atoms with Crippen LogP contribution in [-0.4, -0.2) is 22.6 Å². The van der Waals surface area contributed by atoms with Crippen molar-refractivity contribution in [3.63, 3.8) is 0 Å². The maximum atomic E-state index is 11.1. The fraction of sp³-hybridized carbons (Fsp3) is 0.900. The lowest BCUT2D eigenvalue weighted by Crippen LogP contribution is -2.45. The summed E-state index contributed by atoms with van der Waals surface area (Å²) in [5, 5.41) is 3.06. The number of carbonyl (C=O) groups excluding carboxylic acids is 1. The summed E-state index contributed by atoms with van der Waals surface area (Å²) in [5.41, 5.74) is 5.89. The molecule has 1 aliphatic rings. The third-order valence-corrected chi connectivity index (χ3v) is 3.89. The van der Waals surface area contributed by atoms with Gasteiger partial charge in [-0.05, 0) is 18.8 Å². The molecule has 1 amide bonds.